The van der Waals surface area contributed by atoms with Crippen LogP contribution in [0.1, 0.15) is 26.5 Å². The van der Waals surface area contributed by atoms with Gasteiger partial charge in [0.05, 0.1) is 5.41 Å². The molecule has 10 heteroatoms. The molecule has 0 bridgehead atoms. The largest absolute Gasteiger partial charge is 0.481 e. The third-order valence-corrected chi connectivity index (χ3v) is 4.31. The number of carboxylic acids is 1. The van der Waals surface area contributed by atoms with E-state index in [9.17, 15) is 24.9 Å². The molecule has 1 saturated heterocycles. The van der Waals surface area contributed by atoms with Gasteiger partial charge in [-0.2, -0.15) is 4.98 Å². The smallest absolute Gasteiger partial charge is 0.351 e. The van der Waals surface area contributed by atoms with Crippen LogP contribution in [0.2, 0.25) is 0 Å². The van der Waals surface area contributed by atoms with E-state index >= 15 is 0 Å². The number of hydrogen-bond acceptors (Lipinski definition) is 8. The van der Waals surface area contributed by atoms with Crippen molar-refractivity contribution in [3.63, 3.8) is 0 Å². The first-order valence-electron chi connectivity index (χ1n) is 7.00. The number of anilines is 1. The van der Waals surface area contributed by atoms with Gasteiger partial charge >= 0.3 is 11.7 Å². The van der Waals surface area contributed by atoms with E-state index in [2.05, 4.69) is 4.98 Å². The van der Waals surface area contributed by atoms with Gasteiger partial charge in [-0.05, 0) is 19.4 Å². The molecule has 0 spiro atoms. The van der Waals surface area contributed by atoms with Crippen LogP contribution in [0.3, 0.4) is 0 Å². The third kappa shape index (κ3) is 2.81. The Morgan fingerprint density at radius 3 is 2.61 bits per heavy atom. The van der Waals surface area contributed by atoms with Gasteiger partial charge in [-0.3, -0.25) is 20.0 Å². The number of aromatic nitrogens is 2. The lowest BCUT2D eigenvalue weighted by molar-refractivity contribution is -0.164. The van der Waals surface area contributed by atoms with Gasteiger partial charge in [0.1, 0.15) is 18.3 Å². The summed E-state index contributed by atoms with van der Waals surface area (Å²) in [5, 5.41) is 38.4. The number of nitrogens with one attached hydrogen (secondary N) is 1. The Morgan fingerprint density at radius 1 is 1.48 bits per heavy atom. The molecule has 1 aromatic rings. The van der Waals surface area contributed by atoms with Crippen molar-refractivity contribution in [1.29, 1.82) is 0 Å². The van der Waals surface area contributed by atoms with Crippen LogP contribution in [0.25, 0.3) is 0 Å². The highest BCUT2D eigenvalue weighted by Crippen LogP contribution is 2.40. The Labute approximate surface area is 130 Å². The fourth-order valence-corrected chi connectivity index (χ4v) is 2.56. The summed E-state index contributed by atoms with van der Waals surface area (Å²) in [5.41, 5.74) is -0.562. The number of aliphatic carboxylic acids is 1. The maximum atomic E-state index is 11.9. The van der Waals surface area contributed by atoms with Crippen molar-refractivity contribution in [3.05, 3.63) is 22.7 Å². The number of aliphatic hydroxyl groups excluding tert-OH is 2. The lowest BCUT2D eigenvalue weighted by Crippen LogP contribution is -2.46. The molecule has 0 saturated carbocycles. The fraction of sp³-hybridized carbons (Fsp3) is 0.615. The lowest BCUT2D eigenvalue weighted by Gasteiger charge is -2.31. The minimum absolute atomic E-state index is 0.0974. The predicted octanol–water partition coefficient (Wildman–Crippen LogP) is -0.835. The van der Waals surface area contributed by atoms with E-state index in [1.807, 2.05) is 0 Å². The van der Waals surface area contributed by atoms with E-state index in [0.29, 0.717) is 0 Å². The standard InChI is InChI=1S/C13H19N3O7/c1-3-13(2,11(19)20)9-7(17)8(18)10(23-9)16-5-4-6(15-22)14-12(16)21/h4-5,7-10,17-18,22H,3H2,1-2H3,(H,19,20)(H,14,15,21)/t7-,8+,9+,10-,13?/m1/s1. The minimum Gasteiger partial charge on any atom is -0.481 e. The molecule has 128 valence electrons. The Kier molecular flexibility index (Phi) is 4.71. The summed E-state index contributed by atoms with van der Waals surface area (Å²) in [6, 6.07) is 1.26. The third-order valence-electron chi connectivity index (χ3n) is 4.31. The SMILES string of the molecule is CCC(C)(C(=O)O)[C@H]1O[C@@H](n2ccc(NO)nc2=O)[C@@H](O)[C@H]1O. The van der Waals surface area contributed by atoms with Gasteiger partial charge in [0.25, 0.3) is 0 Å². The highest BCUT2D eigenvalue weighted by molar-refractivity contribution is 5.75. The van der Waals surface area contributed by atoms with Gasteiger partial charge in [-0.1, -0.05) is 6.92 Å². The molecule has 1 aliphatic rings. The highest BCUT2D eigenvalue weighted by atomic mass is 16.6. The van der Waals surface area contributed by atoms with Gasteiger partial charge < -0.3 is 20.1 Å². The van der Waals surface area contributed by atoms with Crippen molar-refractivity contribution in [1.82, 2.24) is 9.55 Å². The highest BCUT2D eigenvalue weighted by Gasteiger charge is 2.54. The maximum absolute atomic E-state index is 11.9. The first-order chi connectivity index (χ1) is 10.8. The van der Waals surface area contributed by atoms with Gasteiger partial charge in [-0.25, -0.2) is 4.79 Å². The molecular formula is C13H19N3O7. The van der Waals surface area contributed by atoms with Gasteiger partial charge in [0.2, 0.25) is 0 Å². The topological polar surface area (TPSA) is 154 Å². The molecule has 23 heavy (non-hydrogen) atoms. The van der Waals surface area contributed by atoms with Crippen molar-refractivity contribution < 1.29 is 30.1 Å². The summed E-state index contributed by atoms with van der Waals surface area (Å²) in [4.78, 5) is 26.9. The molecule has 10 nitrogen and oxygen atoms in total. The molecule has 5 atom stereocenters. The number of hydrogen-bond donors (Lipinski definition) is 5. The summed E-state index contributed by atoms with van der Waals surface area (Å²) < 4.78 is 6.43. The molecule has 0 aromatic carbocycles. The second kappa shape index (κ2) is 6.24. The van der Waals surface area contributed by atoms with Crippen LogP contribution in [-0.2, 0) is 9.53 Å². The Balaban J connectivity index is 2.37. The second-order valence-electron chi connectivity index (χ2n) is 5.62. The monoisotopic (exact) mass is 329 g/mol. The lowest BCUT2D eigenvalue weighted by atomic mass is 9.79. The molecule has 2 heterocycles. The molecule has 0 radical (unpaired) electrons. The molecule has 1 aliphatic heterocycles. The number of nitrogens with zero attached hydrogens (tertiary/aromatic N) is 2. The number of carbonyl (C=O) groups is 1. The Morgan fingerprint density at radius 2 is 2.13 bits per heavy atom. The summed E-state index contributed by atoms with van der Waals surface area (Å²) in [6.07, 6.45) is -4.10. The van der Waals surface area contributed by atoms with Gasteiger partial charge in [0, 0.05) is 6.20 Å². The van der Waals surface area contributed by atoms with E-state index in [1.54, 1.807) is 12.4 Å². The number of ether oxygens (including phenoxy) is 1. The minimum atomic E-state index is -1.50. The zero-order valence-corrected chi connectivity index (χ0v) is 12.6. The van der Waals surface area contributed by atoms with E-state index in [4.69, 9.17) is 9.94 Å². The Bertz CT molecular complexity index is 649. The fourth-order valence-electron chi connectivity index (χ4n) is 2.56. The van der Waals surface area contributed by atoms with Crippen molar-refractivity contribution in [2.45, 2.75) is 44.8 Å². The zero-order valence-electron chi connectivity index (χ0n) is 12.6. The molecule has 1 fully saturated rings. The van der Waals surface area contributed by atoms with Crippen LogP contribution in [-0.4, -0.2) is 54.4 Å². The summed E-state index contributed by atoms with van der Waals surface area (Å²) >= 11 is 0. The van der Waals surface area contributed by atoms with Crippen molar-refractivity contribution in [2.75, 3.05) is 5.48 Å². The molecular weight excluding hydrogens is 310 g/mol. The summed E-state index contributed by atoms with van der Waals surface area (Å²) in [7, 11) is 0. The summed E-state index contributed by atoms with van der Waals surface area (Å²) in [5.74, 6) is -1.28. The second-order valence-corrected chi connectivity index (χ2v) is 5.62. The van der Waals surface area contributed by atoms with Crippen LogP contribution in [0.15, 0.2) is 17.1 Å². The van der Waals surface area contributed by atoms with E-state index < -0.39 is 41.6 Å². The van der Waals surface area contributed by atoms with Crippen LogP contribution in [0.5, 0.6) is 0 Å². The quantitative estimate of drug-likeness (QED) is 0.435. The van der Waals surface area contributed by atoms with Crippen LogP contribution < -0.4 is 11.2 Å². The van der Waals surface area contributed by atoms with Crippen LogP contribution in [0, 0.1) is 5.41 Å². The van der Waals surface area contributed by atoms with Crippen molar-refractivity contribution in [3.8, 4) is 0 Å². The van der Waals surface area contributed by atoms with E-state index in [1.165, 1.54) is 19.2 Å². The molecule has 1 aromatic heterocycles. The molecule has 0 amide bonds. The van der Waals surface area contributed by atoms with Crippen LogP contribution in [0.4, 0.5) is 5.82 Å². The normalized spacial score (nSPS) is 30.0. The predicted molar refractivity (Wildman–Crippen MR) is 75.9 cm³/mol. The molecule has 1 unspecified atom stereocenters. The van der Waals surface area contributed by atoms with E-state index in [-0.39, 0.29) is 12.2 Å². The average Bonchev–Trinajstić information content (AvgIpc) is 2.82. The van der Waals surface area contributed by atoms with Crippen molar-refractivity contribution >= 4 is 11.8 Å². The Hall–Kier alpha value is -2.01. The van der Waals surface area contributed by atoms with Gasteiger partial charge in [-0.15, -0.1) is 0 Å². The van der Waals surface area contributed by atoms with Crippen LogP contribution >= 0.6 is 0 Å². The summed E-state index contributed by atoms with van der Waals surface area (Å²) in [6.45, 7) is 3.03. The number of rotatable bonds is 5. The van der Waals surface area contributed by atoms with Crippen molar-refractivity contribution in [2.24, 2.45) is 5.41 Å². The average molecular weight is 329 g/mol. The van der Waals surface area contributed by atoms with Gasteiger partial charge in [0.15, 0.2) is 12.0 Å². The number of carboxylic acid groups (broad SMARTS) is 1. The first-order valence-corrected chi connectivity index (χ1v) is 7.00. The molecule has 0 aliphatic carbocycles. The number of aliphatic hydroxyl groups is 2. The first kappa shape index (κ1) is 17.3. The van der Waals surface area contributed by atoms with E-state index in [0.717, 1.165) is 4.57 Å². The molecule has 2 rings (SSSR count). The maximum Gasteiger partial charge on any atom is 0.351 e. The zero-order chi connectivity index (χ0) is 17.4. The molecule has 5 N–H and O–H groups in total.